The zero-order valence-corrected chi connectivity index (χ0v) is 18.1. The SMILES string of the molecule is CN=C(NCCc1cnn(C)c1)NCC(C)COCc1ccccc1.I. The molecule has 0 spiro atoms. The maximum Gasteiger partial charge on any atom is 0.190 e. The van der Waals surface area contributed by atoms with Gasteiger partial charge >= 0.3 is 0 Å². The molecule has 0 bridgehead atoms. The molecule has 144 valence electrons. The van der Waals surface area contributed by atoms with Crippen LogP contribution < -0.4 is 10.6 Å². The summed E-state index contributed by atoms with van der Waals surface area (Å²) in [7, 11) is 3.72. The predicted octanol–water partition coefficient (Wildman–Crippen LogP) is 2.60. The van der Waals surface area contributed by atoms with E-state index < -0.39 is 0 Å². The zero-order valence-electron chi connectivity index (χ0n) is 15.8. The molecule has 0 saturated heterocycles. The topological polar surface area (TPSA) is 63.5 Å². The molecule has 0 radical (unpaired) electrons. The van der Waals surface area contributed by atoms with Crippen LogP contribution in [-0.2, 0) is 24.8 Å². The van der Waals surface area contributed by atoms with Crippen molar-refractivity contribution in [2.24, 2.45) is 18.0 Å². The molecule has 7 heteroatoms. The van der Waals surface area contributed by atoms with E-state index in [0.29, 0.717) is 19.1 Å². The predicted molar refractivity (Wildman–Crippen MR) is 117 cm³/mol. The maximum absolute atomic E-state index is 5.78. The van der Waals surface area contributed by atoms with Gasteiger partial charge in [0.1, 0.15) is 0 Å². The van der Waals surface area contributed by atoms with Crippen LogP contribution in [0.3, 0.4) is 0 Å². The van der Waals surface area contributed by atoms with Crippen LogP contribution in [-0.4, -0.2) is 42.5 Å². The van der Waals surface area contributed by atoms with Crippen LogP contribution in [0.15, 0.2) is 47.7 Å². The number of hydrogen-bond acceptors (Lipinski definition) is 3. The number of nitrogens with one attached hydrogen (secondary N) is 2. The van der Waals surface area contributed by atoms with Gasteiger partial charge in [0.25, 0.3) is 0 Å². The van der Waals surface area contributed by atoms with E-state index in [9.17, 15) is 0 Å². The Balaban J connectivity index is 0.00000338. The fraction of sp³-hybridized carbons (Fsp3) is 0.474. The van der Waals surface area contributed by atoms with Crippen molar-refractivity contribution in [1.82, 2.24) is 20.4 Å². The van der Waals surface area contributed by atoms with Crippen LogP contribution in [0.1, 0.15) is 18.1 Å². The van der Waals surface area contributed by atoms with Crippen LogP contribution in [0, 0.1) is 5.92 Å². The summed E-state index contributed by atoms with van der Waals surface area (Å²) in [6.07, 6.45) is 4.85. The number of aliphatic imine (C=N–C) groups is 1. The molecule has 2 rings (SSSR count). The Kier molecular flexibility index (Phi) is 11.0. The molecule has 0 aliphatic rings. The summed E-state index contributed by atoms with van der Waals surface area (Å²) in [6, 6.07) is 10.2. The molecule has 26 heavy (non-hydrogen) atoms. The largest absolute Gasteiger partial charge is 0.376 e. The van der Waals surface area contributed by atoms with Gasteiger partial charge in [-0.3, -0.25) is 9.67 Å². The van der Waals surface area contributed by atoms with Crippen LogP contribution in [0.4, 0.5) is 0 Å². The lowest BCUT2D eigenvalue weighted by Crippen LogP contribution is -2.40. The summed E-state index contributed by atoms with van der Waals surface area (Å²) in [4.78, 5) is 4.26. The molecule has 1 heterocycles. The molecule has 1 aromatic carbocycles. The lowest BCUT2D eigenvalue weighted by molar-refractivity contribution is 0.0931. The van der Waals surface area contributed by atoms with Crippen molar-refractivity contribution in [3.8, 4) is 0 Å². The molecule has 1 atom stereocenters. The van der Waals surface area contributed by atoms with Crippen molar-refractivity contribution in [3.05, 3.63) is 53.9 Å². The van der Waals surface area contributed by atoms with Crippen LogP contribution in [0.25, 0.3) is 0 Å². The molecule has 2 N–H and O–H groups in total. The number of guanidine groups is 1. The fourth-order valence-electron chi connectivity index (χ4n) is 2.43. The molecular weight excluding hydrogens is 441 g/mol. The molecular formula is C19H30IN5O. The molecule has 6 nitrogen and oxygen atoms in total. The molecule has 0 aliphatic carbocycles. The van der Waals surface area contributed by atoms with Crippen molar-refractivity contribution in [2.45, 2.75) is 20.0 Å². The maximum atomic E-state index is 5.78. The third-order valence-corrected chi connectivity index (χ3v) is 3.82. The Bertz CT molecular complexity index is 644. The lowest BCUT2D eigenvalue weighted by atomic mass is 10.2. The number of benzene rings is 1. The zero-order chi connectivity index (χ0) is 17.9. The van der Waals surface area contributed by atoms with E-state index in [1.54, 1.807) is 7.05 Å². The summed E-state index contributed by atoms with van der Waals surface area (Å²) in [6.45, 7) is 5.18. The van der Waals surface area contributed by atoms with Crippen LogP contribution >= 0.6 is 24.0 Å². The van der Waals surface area contributed by atoms with Gasteiger partial charge in [-0.2, -0.15) is 5.10 Å². The van der Waals surface area contributed by atoms with Gasteiger partial charge in [0, 0.05) is 33.4 Å². The van der Waals surface area contributed by atoms with Crippen molar-refractivity contribution < 1.29 is 4.74 Å². The first kappa shape index (κ1) is 22.4. The Labute approximate surface area is 173 Å². The highest BCUT2D eigenvalue weighted by molar-refractivity contribution is 14.0. The third kappa shape index (κ3) is 8.66. The molecule has 2 aromatic rings. The lowest BCUT2D eigenvalue weighted by Gasteiger charge is -2.16. The quantitative estimate of drug-likeness (QED) is 0.336. The Morgan fingerprint density at radius 3 is 2.65 bits per heavy atom. The Morgan fingerprint density at radius 1 is 1.23 bits per heavy atom. The van der Waals surface area contributed by atoms with E-state index in [4.69, 9.17) is 4.74 Å². The van der Waals surface area contributed by atoms with E-state index in [2.05, 4.69) is 39.8 Å². The van der Waals surface area contributed by atoms with Crippen molar-refractivity contribution in [1.29, 1.82) is 0 Å². The Hall–Kier alpha value is -1.61. The highest BCUT2D eigenvalue weighted by atomic mass is 127. The average molecular weight is 471 g/mol. The first-order valence-electron chi connectivity index (χ1n) is 8.71. The van der Waals surface area contributed by atoms with Gasteiger partial charge < -0.3 is 15.4 Å². The van der Waals surface area contributed by atoms with E-state index in [1.807, 2.05) is 42.3 Å². The van der Waals surface area contributed by atoms with E-state index in [1.165, 1.54) is 11.1 Å². The minimum Gasteiger partial charge on any atom is -0.376 e. The van der Waals surface area contributed by atoms with Gasteiger partial charge in [-0.05, 0) is 23.5 Å². The van der Waals surface area contributed by atoms with Gasteiger partial charge in [0.05, 0.1) is 19.4 Å². The average Bonchev–Trinajstić information content (AvgIpc) is 3.04. The number of nitrogens with zero attached hydrogens (tertiary/aromatic N) is 3. The standard InChI is InChI=1S/C19H29N5O.HI/c1-16(14-25-15-17-7-5-4-6-8-17)11-22-19(20-2)21-10-9-18-12-23-24(3)13-18;/h4-8,12-13,16H,9-11,14-15H2,1-3H3,(H2,20,21,22);1H. The molecule has 0 saturated carbocycles. The van der Waals surface area contributed by atoms with Gasteiger partial charge in [-0.25, -0.2) is 0 Å². The highest BCUT2D eigenvalue weighted by Crippen LogP contribution is 2.03. The summed E-state index contributed by atoms with van der Waals surface area (Å²) in [5, 5.41) is 10.8. The number of rotatable bonds is 9. The fourth-order valence-corrected chi connectivity index (χ4v) is 2.43. The minimum atomic E-state index is 0. The molecule has 1 aromatic heterocycles. The van der Waals surface area contributed by atoms with Gasteiger partial charge in [-0.1, -0.05) is 37.3 Å². The molecule has 0 fully saturated rings. The number of hydrogen-bond donors (Lipinski definition) is 2. The number of halogens is 1. The van der Waals surface area contributed by atoms with Crippen LogP contribution in [0.2, 0.25) is 0 Å². The second-order valence-electron chi connectivity index (χ2n) is 6.26. The monoisotopic (exact) mass is 471 g/mol. The first-order chi connectivity index (χ1) is 12.2. The van der Waals surface area contributed by atoms with Gasteiger partial charge in [0.15, 0.2) is 5.96 Å². The highest BCUT2D eigenvalue weighted by Gasteiger charge is 2.05. The molecule has 0 aliphatic heterocycles. The normalized spacial score (nSPS) is 12.3. The van der Waals surface area contributed by atoms with Crippen molar-refractivity contribution in [2.75, 3.05) is 26.7 Å². The minimum absolute atomic E-state index is 0. The van der Waals surface area contributed by atoms with Gasteiger partial charge in [0.2, 0.25) is 0 Å². The molecule has 1 unspecified atom stereocenters. The second kappa shape index (κ2) is 12.7. The summed E-state index contributed by atoms with van der Waals surface area (Å²) >= 11 is 0. The number of aromatic nitrogens is 2. The summed E-state index contributed by atoms with van der Waals surface area (Å²) in [5.41, 5.74) is 2.42. The van der Waals surface area contributed by atoms with E-state index in [-0.39, 0.29) is 24.0 Å². The van der Waals surface area contributed by atoms with Gasteiger partial charge in [-0.15, -0.1) is 24.0 Å². The van der Waals surface area contributed by atoms with E-state index in [0.717, 1.165) is 25.5 Å². The van der Waals surface area contributed by atoms with Crippen molar-refractivity contribution >= 4 is 29.9 Å². The molecule has 0 amide bonds. The third-order valence-electron chi connectivity index (χ3n) is 3.82. The van der Waals surface area contributed by atoms with E-state index >= 15 is 0 Å². The number of ether oxygens (including phenoxy) is 1. The number of aryl methyl sites for hydroxylation is 1. The first-order valence-corrected chi connectivity index (χ1v) is 8.71. The van der Waals surface area contributed by atoms with Crippen molar-refractivity contribution in [3.63, 3.8) is 0 Å². The summed E-state index contributed by atoms with van der Waals surface area (Å²) < 4.78 is 7.60. The van der Waals surface area contributed by atoms with Crippen LogP contribution in [0.5, 0.6) is 0 Å². The second-order valence-corrected chi connectivity index (χ2v) is 6.26. The Morgan fingerprint density at radius 2 is 2.00 bits per heavy atom. The summed E-state index contributed by atoms with van der Waals surface area (Å²) in [5.74, 6) is 1.22. The smallest absolute Gasteiger partial charge is 0.190 e.